The third-order valence-corrected chi connectivity index (χ3v) is 1.11. The van der Waals surface area contributed by atoms with Gasteiger partial charge in [0.2, 0.25) is 0 Å². The molecule has 0 aromatic carbocycles. The van der Waals surface area contributed by atoms with Gasteiger partial charge in [0.15, 0.2) is 0 Å². The quantitative estimate of drug-likeness (QED) is 0.387. The summed E-state index contributed by atoms with van der Waals surface area (Å²) in [7, 11) is 0. The molecule has 116 valence electrons. The highest BCUT2D eigenvalue weighted by Gasteiger charge is 2.00. The Morgan fingerprint density at radius 2 is 0.550 bits per heavy atom. The molecule has 0 saturated carbocycles. The van der Waals surface area contributed by atoms with E-state index in [1.54, 1.807) is 0 Å². The second-order valence-corrected chi connectivity index (χ2v) is 2.86. The zero-order valence-corrected chi connectivity index (χ0v) is 10.1. The van der Waals surface area contributed by atoms with Crippen molar-refractivity contribution in [3.8, 4) is 0 Å². The van der Waals surface area contributed by atoms with Crippen molar-refractivity contribution in [3.05, 3.63) is 0 Å². The van der Waals surface area contributed by atoms with Crippen LogP contribution in [-0.4, -0.2) is 60.7 Å². The van der Waals surface area contributed by atoms with Gasteiger partial charge >= 0.3 is 30.0 Å². The van der Waals surface area contributed by atoms with Crippen LogP contribution in [0.15, 0.2) is 0 Å². The van der Waals surface area contributed by atoms with E-state index >= 15 is 0 Å². The Morgan fingerprint density at radius 3 is 0.600 bits per heavy atom. The predicted octanol–water partition coefficient (Wildman–Crippen LogP) is 0.0940. The lowest BCUT2D eigenvalue weighted by atomic mass is 10.3. The van der Waals surface area contributed by atoms with Crippen LogP contribution in [0.1, 0.15) is 25.7 Å². The molecular weight excluding hydrogens is 284 g/mol. The number of carboxylic acids is 4. The number of rotatable bonds is 6. The highest BCUT2D eigenvalue weighted by molar-refractivity contribution is 5.75. The van der Waals surface area contributed by atoms with Gasteiger partial charge in [-0.1, -0.05) is 0 Å². The normalized spacial score (nSPS) is 8.00. The van der Waals surface area contributed by atoms with Crippen LogP contribution in [0.5, 0.6) is 0 Å². The molecule has 0 atom stereocenters. The first-order valence-electron chi connectivity index (χ1n) is 4.78. The van der Waals surface area contributed by atoms with Gasteiger partial charge in [-0.2, -0.15) is 0 Å². The molecule has 0 saturated heterocycles. The molecule has 11 heteroatoms. The standard InChI is InChI=1S/2C4H6O4.CH2O3/c2*5-3(6)1-2-4(7)8;2-1(3)4/h2*1-2H2,(H,5,6)(H,7,8);(H2,2,3,4). The average Bonchev–Trinajstić information content (AvgIpc) is 2.23. The van der Waals surface area contributed by atoms with E-state index in [2.05, 4.69) is 0 Å². The Kier molecular flexibility index (Phi) is 15.9. The first-order chi connectivity index (χ1) is 8.98. The third kappa shape index (κ3) is 59.3. The minimum atomic E-state index is -1.83. The molecule has 0 aromatic rings. The Hall–Kier alpha value is -2.85. The topological polar surface area (TPSA) is 207 Å². The van der Waals surface area contributed by atoms with Gasteiger partial charge < -0.3 is 30.6 Å². The van der Waals surface area contributed by atoms with Crippen molar-refractivity contribution in [2.45, 2.75) is 25.7 Å². The maximum absolute atomic E-state index is 9.64. The molecule has 0 aromatic heterocycles. The SMILES string of the molecule is O=C(O)CCC(=O)O.O=C(O)CCC(=O)O.O=C(O)O. The second kappa shape index (κ2) is 14.2. The smallest absolute Gasteiger partial charge is 0.481 e. The summed E-state index contributed by atoms with van der Waals surface area (Å²) >= 11 is 0. The van der Waals surface area contributed by atoms with Gasteiger partial charge in [-0.05, 0) is 0 Å². The Labute approximate surface area is 111 Å². The molecule has 0 rings (SSSR count). The summed E-state index contributed by atoms with van der Waals surface area (Å²) in [5, 5.41) is 45.5. The third-order valence-electron chi connectivity index (χ3n) is 1.11. The van der Waals surface area contributed by atoms with Crippen molar-refractivity contribution in [1.29, 1.82) is 0 Å². The summed E-state index contributed by atoms with van der Waals surface area (Å²) in [6, 6.07) is 0. The lowest BCUT2D eigenvalue weighted by Crippen LogP contribution is -2.00. The van der Waals surface area contributed by atoms with E-state index in [9.17, 15) is 19.2 Å². The van der Waals surface area contributed by atoms with Crippen LogP contribution in [0.4, 0.5) is 4.79 Å². The number of aliphatic carboxylic acids is 4. The van der Waals surface area contributed by atoms with Crippen LogP contribution in [0.25, 0.3) is 0 Å². The van der Waals surface area contributed by atoms with Crippen LogP contribution in [0.2, 0.25) is 0 Å². The summed E-state index contributed by atoms with van der Waals surface area (Å²) in [5.41, 5.74) is 0. The van der Waals surface area contributed by atoms with E-state index in [1.807, 2.05) is 0 Å². The molecule has 6 N–H and O–H groups in total. The number of hydrogen-bond acceptors (Lipinski definition) is 5. The zero-order chi connectivity index (χ0) is 16.7. The minimum absolute atomic E-state index is 0.296. The molecule has 0 aliphatic rings. The Balaban J connectivity index is -0.000000230. The summed E-state index contributed by atoms with van der Waals surface area (Å²) in [6.07, 6.45) is -3.02. The maximum atomic E-state index is 9.64. The van der Waals surface area contributed by atoms with Crippen LogP contribution in [0.3, 0.4) is 0 Å². The van der Waals surface area contributed by atoms with Crippen molar-refractivity contribution < 1.29 is 54.6 Å². The zero-order valence-electron chi connectivity index (χ0n) is 10.1. The van der Waals surface area contributed by atoms with Crippen molar-refractivity contribution in [2.24, 2.45) is 0 Å². The van der Waals surface area contributed by atoms with Gasteiger partial charge in [-0.25, -0.2) is 4.79 Å². The van der Waals surface area contributed by atoms with E-state index in [0.717, 1.165) is 0 Å². The second-order valence-electron chi connectivity index (χ2n) is 2.86. The van der Waals surface area contributed by atoms with Crippen LogP contribution < -0.4 is 0 Å². The Bertz CT molecular complexity index is 286. The molecule has 0 amide bonds. The molecule has 0 aliphatic carbocycles. The van der Waals surface area contributed by atoms with E-state index in [4.69, 9.17) is 35.4 Å². The van der Waals surface area contributed by atoms with Crippen molar-refractivity contribution >= 4 is 30.0 Å². The largest absolute Gasteiger partial charge is 0.503 e. The van der Waals surface area contributed by atoms with E-state index in [0.29, 0.717) is 0 Å². The van der Waals surface area contributed by atoms with E-state index in [-0.39, 0.29) is 25.7 Å². The van der Waals surface area contributed by atoms with Gasteiger partial charge in [0, 0.05) is 0 Å². The number of hydrogen-bond donors (Lipinski definition) is 6. The first kappa shape index (κ1) is 22.3. The first-order valence-corrected chi connectivity index (χ1v) is 4.78. The molecule has 0 heterocycles. The van der Waals surface area contributed by atoms with Gasteiger partial charge in [-0.15, -0.1) is 0 Å². The fourth-order valence-electron chi connectivity index (χ4n) is 0.428. The molecule has 0 radical (unpaired) electrons. The molecule has 0 spiro atoms. The van der Waals surface area contributed by atoms with E-state index < -0.39 is 30.0 Å². The molecular formula is C9H14O11. The summed E-state index contributed by atoms with van der Waals surface area (Å²) in [4.78, 5) is 47.1. The summed E-state index contributed by atoms with van der Waals surface area (Å²) < 4.78 is 0. The predicted molar refractivity (Wildman–Crippen MR) is 59.7 cm³/mol. The molecule has 11 nitrogen and oxygen atoms in total. The van der Waals surface area contributed by atoms with Crippen LogP contribution in [-0.2, 0) is 19.2 Å². The summed E-state index contributed by atoms with van der Waals surface area (Å²) in [6.45, 7) is 0. The fourth-order valence-corrected chi connectivity index (χ4v) is 0.428. The monoisotopic (exact) mass is 298 g/mol. The van der Waals surface area contributed by atoms with Crippen molar-refractivity contribution in [1.82, 2.24) is 0 Å². The minimum Gasteiger partial charge on any atom is -0.481 e. The molecule has 20 heavy (non-hydrogen) atoms. The Morgan fingerprint density at radius 1 is 0.450 bits per heavy atom. The van der Waals surface area contributed by atoms with Gasteiger partial charge in [0.25, 0.3) is 0 Å². The number of carboxylic acid groups (broad SMARTS) is 6. The lowest BCUT2D eigenvalue weighted by Gasteiger charge is -1.85. The van der Waals surface area contributed by atoms with Gasteiger partial charge in [-0.3, -0.25) is 19.2 Å². The van der Waals surface area contributed by atoms with Crippen LogP contribution in [0, 0.1) is 0 Å². The van der Waals surface area contributed by atoms with Crippen molar-refractivity contribution in [3.63, 3.8) is 0 Å². The van der Waals surface area contributed by atoms with Crippen molar-refractivity contribution in [2.75, 3.05) is 0 Å². The maximum Gasteiger partial charge on any atom is 0.503 e. The van der Waals surface area contributed by atoms with Crippen LogP contribution >= 0.6 is 0 Å². The molecule has 0 aliphatic heterocycles. The van der Waals surface area contributed by atoms with Gasteiger partial charge in [0.1, 0.15) is 0 Å². The average molecular weight is 298 g/mol. The highest BCUT2D eigenvalue weighted by Crippen LogP contribution is 1.86. The lowest BCUT2D eigenvalue weighted by molar-refractivity contribution is -0.143. The molecule has 0 bridgehead atoms. The highest BCUT2D eigenvalue weighted by atomic mass is 16.6. The van der Waals surface area contributed by atoms with Gasteiger partial charge in [0.05, 0.1) is 25.7 Å². The molecule has 0 unspecified atom stereocenters. The fraction of sp³-hybridized carbons (Fsp3) is 0.444. The van der Waals surface area contributed by atoms with E-state index in [1.165, 1.54) is 0 Å². The number of carbonyl (C=O) groups is 5. The molecule has 0 fully saturated rings. The summed E-state index contributed by atoms with van der Waals surface area (Å²) in [5.74, 6) is -4.31.